The van der Waals surface area contributed by atoms with Gasteiger partial charge in [0, 0.05) is 6.20 Å². The van der Waals surface area contributed by atoms with Crippen LogP contribution in [0.25, 0.3) is 0 Å². The van der Waals surface area contributed by atoms with Crippen molar-refractivity contribution in [3.8, 4) is 5.75 Å². The number of nitrogens with zero attached hydrogens (tertiary/aromatic N) is 1. The van der Waals surface area contributed by atoms with E-state index >= 15 is 0 Å². The molecule has 1 atom stereocenters. The highest BCUT2D eigenvalue weighted by molar-refractivity contribution is 5.32. The average Bonchev–Trinajstić information content (AvgIpc) is 3.01. The minimum absolute atomic E-state index is 0.339. The Morgan fingerprint density at radius 2 is 2.29 bits per heavy atom. The van der Waals surface area contributed by atoms with Crippen molar-refractivity contribution in [2.45, 2.75) is 25.4 Å². The van der Waals surface area contributed by atoms with Crippen LogP contribution in [0.1, 0.15) is 25.5 Å². The first-order valence-electron chi connectivity index (χ1n) is 4.88. The second-order valence-corrected chi connectivity index (χ2v) is 3.98. The smallest absolute Gasteiger partial charge is 0.143 e. The summed E-state index contributed by atoms with van der Waals surface area (Å²) in [4.78, 5) is 4.21. The largest absolute Gasteiger partial charge is 0.495 e. The highest BCUT2D eigenvalue weighted by Crippen LogP contribution is 2.46. The molecule has 1 aliphatic carbocycles. The lowest BCUT2D eigenvalue weighted by molar-refractivity contribution is 0.0261. The van der Waals surface area contributed by atoms with E-state index in [4.69, 9.17) is 4.74 Å². The SMILES string of the molecule is COc1cccnc1C(C)(O)C1CC1. The van der Waals surface area contributed by atoms with Crippen molar-refractivity contribution in [2.75, 3.05) is 7.11 Å². The minimum atomic E-state index is -0.841. The maximum absolute atomic E-state index is 10.3. The molecule has 1 heterocycles. The zero-order valence-electron chi connectivity index (χ0n) is 8.53. The van der Waals surface area contributed by atoms with Crippen molar-refractivity contribution in [3.63, 3.8) is 0 Å². The normalized spacial score (nSPS) is 20.2. The van der Waals surface area contributed by atoms with Gasteiger partial charge in [-0.05, 0) is 37.8 Å². The Morgan fingerprint density at radius 1 is 1.57 bits per heavy atom. The van der Waals surface area contributed by atoms with Crippen molar-refractivity contribution < 1.29 is 9.84 Å². The summed E-state index contributed by atoms with van der Waals surface area (Å²) in [6.07, 6.45) is 3.84. The molecule has 1 N–H and O–H groups in total. The van der Waals surface area contributed by atoms with E-state index in [2.05, 4.69) is 4.98 Å². The molecule has 0 saturated heterocycles. The average molecular weight is 193 g/mol. The van der Waals surface area contributed by atoms with E-state index in [1.807, 2.05) is 19.1 Å². The topological polar surface area (TPSA) is 42.4 Å². The number of hydrogen-bond acceptors (Lipinski definition) is 3. The predicted octanol–water partition coefficient (Wildman–Crippen LogP) is 1.71. The van der Waals surface area contributed by atoms with Crippen LogP contribution >= 0.6 is 0 Å². The van der Waals surface area contributed by atoms with E-state index in [1.165, 1.54) is 0 Å². The van der Waals surface area contributed by atoms with Crippen molar-refractivity contribution in [3.05, 3.63) is 24.0 Å². The van der Waals surface area contributed by atoms with E-state index in [0.717, 1.165) is 12.8 Å². The molecule has 14 heavy (non-hydrogen) atoms. The van der Waals surface area contributed by atoms with Crippen LogP contribution in [0.15, 0.2) is 18.3 Å². The predicted molar refractivity (Wildman–Crippen MR) is 53.1 cm³/mol. The fourth-order valence-corrected chi connectivity index (χ4v) is 1.77. The maximum atomic E-state index is 10.3. The second kappa shape index (κ2) is 3.24. The maximum Gasteiger partial charge on any atom is 0.143 e. The van der Waals surface area contributed by atoms with E-state index in [1.54, 1.807) is 13.3 Å². The first-order chi connectivity index (χ1) is 6.66. The van der Waals surface area contributed by atoms with Crippen LogP contribution in [0.3, 0.4) is 0 Å². The monoisotopic (exact) mass is 193 g/mol. The zero-order valence-corrected chi connectivity index (χ0v) is 8.53. The van der Waals surface area contributed by atoms with Gasteiger partial charge in [-0.1, -0.05) is 0 Å². The van der Waals surface area contributed by atoms with Crippen molar-refractivity contribution in [1.82, 2.24) is 4.98 Å². The molecule has 2 rings (SSSR count). The van der Waals surface area contributed by atoms with Crippen LogP contribution in [0, 0.1) is 5.92 Å². The number of ether oxygens (including phenoxy) is 1. The molecule has 1 aromatic heterocycles. The highest BCUT2D eigenvalue weighted by atomic mass is 16.5. The third-order valence-corrected chi connectivity index (χ3v) is 2.84. The molecular weight excluding hydrogens is 178 g/mol. The summed E-state index contributed by atoms with van der Waals surface area (Å²) < 4.78 is 5.19. The van der Waals surface area contributed by atoms with Gasteiger partial charge in [0.2, 0.25) is 0 Å². The number of pyridine rings is 1. The van der Waals surface area contributed by atoms with E-state index < -0.39 is 5.60 Å². The number of hydrogen-bond donors (Lipinski definition) is 1. The Labute approximate surface area is 83.7 Å². The Balaban J connectivity index is 2.38. The first-order valence-corrected chi connectivity index (χ1v) is 4.88. The molecule has 1 saturated carbocycles. The standard InChI is InChI=1S/C11H15NO2/c1-11(13,8-5-6-8)10-9(14-2)4-3-7-12-10/h3-4,7-8,13H,5-6H2,1-2H3. The van der Waals surface area contributed by atoms with Gasteiger partial charge >= 0.3 is 0 Å². The van der Waals surface area contributed by atoms with Gasteiger partial charge in [-0.15, -0.1) is 0 Å². The summed E-state index contributed by atoms with van der Waals surface area (Å²) in [5.41, 5.74) is -0.183. The van der Waals surface area contributed by atoms with Crippen LogP contribution in [-0.4, -0.2) is 17.2 Å². The number of rotatable bonds is 3. The molecule has 0 spiro atoms. The summed E-state index contributed by atoms with van der Waals surface area (Å²) in [5.74, 6) is 1.01. The summed E-state index contributed by atoms with van der Waals surface area (Å²) >= 11 is 0. The van der Waals surface area contributed by atoms with Gasteiger partial charge in [0.05, 0.1) is 7.11 Å². The van der Waals surface area contributed by atoms with Crippen molar-refractivity contribution >= 4 is 0 Å². The molecule has 1 aliphatic rings. The Morgan fingerprint density at radius 3 is 2.86 bits per heavy atom. The number of aromatic nitrogens is 1. The van der Waals surface area contributed by atoms with Gasteiger partial charge < -0.3 is 9.84 Å². The van der Waals surface area contributed by atoms with E-state index in [9.17, 15) is 5.11 Å². The molecule has 0 amide bonds. The first kappa shape index (κ1) is 9.46. The Kier molecular flexibility index (Phi) is 2.19. The molecule has 3 nitrogen and oxygen atoms in total. The lowest BCUT2D eigenvalue weighted by Gasteiger charge is -2.23. The van der Waals surface area contributed by atoms with Crippen LogP contribution in [0.5, 0.6) is 5.75 Å². The highest BCUT2D eigenvalue weighted by Gasteiger charge is 2.43. The van der Waals surface area contributed by atoms with Gasteiger partial charge in [-0.2, -0.15) is 0 Å². The molecule has 76 valence electrons. The fraction of sp³-hybridized carbons (Fsp3) is 0.545. The quantitative estimate of drug-likeness (QED) is 0.794. The number of aliphatic hydroxyl groups is 1. The number of methoxy groups -OCH3 is 1. The third-order valence-electron chi connectivity index (χ3n) is 2.84. The van der Waals surface area contributed by atoms with Crippen LogP contribution < -0.4 is 4.74 Å². The van der Waals surface area contributed by atoms with Gasteiger partial charge in [-0.25, -0.2) is 0 Å². The molecule has 0 bridgehead atoms. The second-order valence-electron chi connectivity index (χ2n) is 3.98. The lowest BCUT2D eigenvalue weighted by atomic mass is 9.95. The van der Waals surface area contributed by atoms with Gasteiger partial charge in [0.1, 0.15) is 17.0 Å². The minimum Gasteiger partial charge on any atom is -0.495 e. The van der Waals surface area contributed by atoms with Crippen LogP contribution in [0.2, 0.25) is 0 Å². The zero-order chi connectivity index (χ0) is 10.2. The molecule has 1 aromatic rings. The van der Waals surface area contributed by atoms with Crippen molar-refractivity contribution in [2.24, 2.45) is 5.92 Å². The van der Waals surface area contributed by atoms with Gasteiger partial charge in [-0.3, -0.25) is 4.98 Å². The molecule has 0 radical (unpaired) electrons. The Hall–Kier alpha value is -1.09. The molecule has 1 unspecified atom stereocenters. The summed E-state index contributed by atoms with van der Waals surface area (Å²) in [7, 11) is 1.60. The van der Waals surface area contributed by atoms with Crippen LogP contribution in [0.4, 0.5) is 0 Å². The van der Waals surface area contributed by atoms with E-state index in [0.29, 0.717) is 17.4 Å². The summed E-state index contributed by atoms with van der Waals surface area (Å²) in [6.45, 7) is 1.82. The fourth-order valence-electron chi connectivity index (χ4n) is 1.77. The van der Waals surface area contributed by atoms with Crippen molar-refractivity contribution in [1.29, 1.82) is 0 Å². The third kappa shape index (κ3) is 1.48. The summed E-state index contributed by atoms with van der Waals surface area (Å²) in [6, 6.07) is 3.64. The van der Waals surface area contributed by atoms with E-state index in [-0.39, 0.29) is 0 Å². The molecule has 0 aliphatic heterocycles. The Bertz CT molecular complexity index is 332. The summed E-state index contributed by atoms with van der Waals surface area (Å²) in [5, 5.41) is 10.3. The van der Waals surface area contributed by atoms with Gasteiger partial charge in [0.25, 0.3) is 0 Å². The van der Waals surface area contributed by atoms with Crippen LogP contribution in [-0.2, 0) is 5.60 Å². The molecule has 1 fully saturated rings. The molecule has 0 aromatic carbocycles. The molecule has 3 heteroatoms. The lowest BCUT2D eigenvalue weighted by Crippen LogP contribution is -2.25. The molecular formula is C11H15NO2. The van der Waals surface area contributed by atoms with Gasteiger partial charge in [0.15, 0.2) is 0 Å².